The lowest BCUT2D eigenvalue weighted by Gasteiger charge is -2.31. The van der Waals surface area contributed by atoms with Gasteiger partial charge in [-0.15, -0.1) is 0 Å². The minimum atomic E-state index is -3.43. The largest absolute Gasteiger partial charge is 0.312 e. The van der Waals surface area contributed by atoms with Gasteiger partial charge in [0.15, 0.2) is 0 Å². The van der Waals surface area contributed by atoms with Crippen LogP contribution in [0.25, 0.3) is 11.1 Å². The first-order valence-electron chi connectivity index (χ1n) is 7.46. The highest BCUT2D eigenvalue weighted by Gasteiger charge is 2.28. The fourth-order valence-electron chi connectivity index (χ4n) is 2.73. The number of piperazine rings is 1. The van der Waals surface area contributed by atoms with Crippen molar-refractivity contribution in [2.75, 3.05) is 19.6 Å². The van der Waals surface area contributed by atoms with Gasteiger partial charge in [-0.3, -0.25) is 0 Å². The zero-order valence-electron chi connectivity index (χ0n) is 12.6. The molecule has 22 heavy (non-hydrogen) atoms. The molecular formula is C17H20N2O2S. The van der Waals surface area contributed by atoms with Crippen LogP contribution >= 0.6 is 0 Å². The maximum absolute atomic E-state index is 12.8. The normalized spacial score (nSPS) is 20.0. The van der Waals surface area contributed by atoms with Crippen molar-refractivity contribution >= 4 is 10.0 Å². The second-order valence-electron chi connectivity index (χ2n) is 5.61. The third-order valence-electron chi connectivity index (χ3n) is 3.91. The van der Waals surface area contributed by atoms with E-state index in [4.69, 9.17) is 0 Å². The lowest BCUT2D eigenvalue weighted by atomic mass is 10.1. The van der Waals surface area contributed by atoms with Crippen molar-refractivity contribution < 1.29 is 8.42 Å². The van der Waals surface area contributed by atoms with Gasteiger partial charge in [0.25, 0.3) is 0 Å². The van der Waals surface area contributed by atoms with E-state index in [1.54, 1.807) is 22.5 Å². The van der Waals surface area contributed by atoms with E-state index in [1.807, 2.05) is 43.3 Å². The second-order valence-corrected chi connectivity index (χ2v) is 7.55. The summed E-state index contributed by atoms with van der Waals surface area (Å²) in [6.45, 7) is 3.72. The molecule has 0 unspecified atom stereocenters. The summed E-state index contributed by atoms with van der Waals surface area (Å²) in [5.74, 6) is 0. The van der Waals surface area contributed by atoms with Crippen molar-refractivity contribution in [3.05, 3.63) is 54.6 Å². The first kappa shape index (κ1) is 15.2. The highest BCUT2D eigenvalue weighted by atomic mass is 32.2. The summed E-state index contributed by atoms with van der Waals surface area (Å²) in [6, 6.07) is 17.2. The van der Waals surface area contributed by atoms with Gasteiger partial charge in [0.1, 0.15) is 0 Å². The van der Waals surface area contributed by atoms with Gasteiger partial charge >= 0.3 is 0 Å². The summed E-state index contributed by atoms with van der Waals surface area (Å²) in [4.78, 5) is 0.364. The van der Waals surface area contributed by atoms with Crippen molar-refractivity contribution in [3.63, 3.8) is 0 Å². The smallest absolute Gasteiger partial charge is 0.243 e. The molecule has 1 aliphatic rings. The van der Waals surface area contributed by atoms with Gasteiger partial charge in [0, 0.05) is 25.7 Å². The van der Waals surface area contributed by atoms with E-state index in [2.05, 4.69) is 5.32 Å². The Bertz CT molecular complexity index is 744. The highest BCUT2D eigenvalue weighted by Crippen LogP contribution is 2.24. The van der Waals surface area contributed by atoms with E-state index < -0.39 is 10.0 Å². The van der Waals surface area contributed by atoms with E-state index >= 15 is 0 Å². The summed E-state index contributed by atoms with van der Waals surface area (Å²) < 4.78 is 27.2. The molecule has 1 atom stereocenters. The summed E-state index contributed by atoms with van der Waals surface area (Å²) in [6.07, 6.45) is 0. The third kappa shape index (κ3) is 3.06. The fourth-order valence-corrected chi connectivity index (χ4v) is 4.31. The number of benzene rings is 2. The highest BCUT2D eigenvalue weighted by molar-refractivity contribution is 7.89. The molecule has 3 rings (SSSR count). The average Bonchev–Trinajstić information content (AvgIpc) is 2.56. The molecule has 1 N–H and O–H groups in total. The van der Waals surface area contributed by atoms with Gasteiger partial charge in [0.05, 0.1) is 4.90 Å². The first-order valence-corrected chi connectivity index (χ1v) is 8.90. The van der Waals surface area contributed by atoms with Crippen LogP contribution in [-0.2, 0) is 10.0 Å². The molecule has 0 radical (unpaired) electrons. The van der Waals surface area contributed by atoms with E-state index in [0.29, 0.717) is 24.5 Å². The third-order valence-corrected chi connectivity index (χ3v) is 5.77. The molecule has 0 aliphatic carbocycles. The van der Waals surface area contributed by atoms with Crippen molar-refractivity contribution in [3.8, 4) is 11.1 Å². The van der Waals surface area contributed by atoms with Crippen LogP contribution in [0.3, 0.4) is 0 Å². The molecule has 1 aliphatic heterocycles. The maximum Gasteiger partial charge on any atom is 0.243 e. The first-order chi connectivity index (χ1) is 10.6. The Labute approximate surface area is 131 Å². The molecule has 2 aromatic carbocycles. The van der Waals surface area contributed by atoms with E-state index in [0.717, 1.165) is 11.1 Å². The van der Waals surface area contributed by atoms with Crippen molar-refractivity contribution in [1.82, 2.24) is 9.62 Å². The molecule has 0 saturated carbocycles. The zero-order chi connectivity index (χ0) is 15.6. The minimum Gasteiger partial charge on any atom is -0.312 e. The van der Waals surface area contributed by atoms with Gasteiger partial charge in [-0.25, -0.2) is 8.42 Å². The number of nitrogens with one attached hydrogen (secondary N) is 1. The molecular weight excluding hydrogens is 296 g/mol. The Balaban J connectivity index is 1.94. The van der Waals surface area contributed by atoms with Gasteiger partial charge in [-0.2, -0.15) is 4.31 Å². The molecule has 2 aromatic rings. The standard InChI is InChI=1S/C17H20N2O2S/c1-14-13-19(11-10-18-14)22(20,21)17-9-5-8-16(12-17)15-6-3-2-4-7-15/h2-9,12,14,18H,10-11,13H2,1H3/t14-/m0/s1. The average molecular weight is 316 g/mol. The number of nitrogens with zero attached hydrogens (tertiary/aromatic N) is 1. The number of hydrogen-bond donors (Lipinski definition) is 1. The zero-order valence-corrected chi connectivity index (χ0v) is 13.4. The molecule has 0 amide bonds. The SMILES string of the molecule is C[C@H]1CN(S(=O)(=O)c2cccc(-c3ccccc3)c2)CCN1. The predicted octanol–water partition coefficient (Wildman–Crippen LogP) is 2.34. The topological polar surface area (TPSA) is 49.4 Å². The molecule has 116 valence electrons. The molecule has 0 spiro atoms. The molecule has 5 heteroatoms. The fraction of sp³-hybridized carbons (Fsp3) is 0.294. The van der Waals surface area contributed by atoms with Crippen molar-refractivity contribution in [1.29, 1.82) is 0 Å². The van der Waals surface area contributed by atoms with Crippen LogP contribution in [0.4, 0.5) is 0 Å². The lowest BCUT2D eigenvalue weighted by molar-refractivity contribution is 0.310. The van der Waals surface area contributed by atoms with E-state index in [1.165, 1.54) is 0 Å². The van der Waals surface area contributed by atoms with E-state index in [9.17, 15) is 8.42 Å². The van der Waals surface area contributed by atoms with Crippen LogP contribution in [-0.4, -0.2) is 38.4 Å². The Morgan fingerprint density at radius 2 is 1.77 bits per heavy atom. The lowest BCUT2D eigenvalue weighted by Crippen LogP contribution is -2.51. The number of sulfonamides is 1. The monoisotopic (exact) mass is 316 g/mol. The van der Waals surface area contributed by atoms with Gasteiger partial charge in [0.2, 0.25) is 10.0 Å². The van der Waals surface area contributed by atoms with Crippen LogP contribution in [0.2, 0.25) is 0 Å². The van der Waals surface area contributed by atoms with Crippen molar-refractivity contribution in [2.45, 2.75) is 17.9 Å². The molecule has 1 saturated heterocycles. The Hall–Kier alpha value is -1.69. The molecule has 0 bridgehead atoms. The minimum absolute atomic E-state index is 0.181. The Morgan fingerprint density at radius 3 is 2.50 bits per heavy atom. The quantitative estimate of drug-likeness (QED) is 0.945. The van der Waals surface area contributed by atoms with Crippen LogP contribution in [0.5, 0.6) is 0 Å². The van der Waals surface area contributed by atoms with Gasteiger partial charge in [-0.1, -0.05) is 42.5 Å². The van der Waals surface area contributed by atoms with Crippen molar-refractivity contribution in [2.24, 2.45) is 0 Å². The molecule has 1 heterocycles. The number of rotatable bonds is 3. The molecule has 4 nitrogen and oxygen atoms in total. The number of hydrogen-bond acceptors (Lipinski definition) is 3. The maximum atomic E-state index is 12.8. The summed E-state index contributed by atoms with van der Waals surface area (Å²) in [5, 5.41) is 3.27. The summed E-state index contributed by atoms with van der Waals surface area (Å²) >= 11 is 0. The Kier molecular flexibility index (Phi) is 4.29. The van der Waals surface area contributed by atoms with Crippen LogP contribution in [0.1, 0.15) is 6.92 Å². The van der Waals surface area contributed by atoms with Gasteiger partial charge in [-0.05, 0) is 30.2 Å². The van der Waals surface area contributed by atoms with Crippen LogP contribution < -0.4 is 5.32 Å². The molecule has 0 aromatic heterocycles. The summed E-state index contributed by atoms with van der Waals surface area (Å²) in [7, 11) is -3.43. The summed E-state index contributed by atoms with van der Waals surface area (Å²) in [5.41, 5.74) is 1.94. The van der Waals surface area contributed by atoms with E-state index in [-0.39, 0.29) is 6.04 Å². The van der Waals surface area contributed by atoms with Crippen LogP contribution in [0.15, 0.2) is 59.5 Å². The second kappa shape index (κ2) is 6.20. The van der Waals surface area contributed by atoms with Gasteiger partial charge < -0.3 is 5.32 Å². The predicted molar refractivity (Wildman–Crippen MR) is 88.1 cm³/mol. The molecule has 1 fully saturated rings. The Morgan fingerprint density at radius 1 is 1.05 bits per heavy atom. The van der Waals surface area contributed by atoms with Crippen LogP contribution in [0, 0.1) is 0 Å².